The number of aromatic nitrogens is 3. The second-order valence-electron chi connectivity index (χ2n) is 6.82. The quantitative estimate of drug-likeness (QED) is 0.441. The zero-order valence-electron chi connectivity index (χ0n) is 17.2. The van der Waals surface area contributed by atoms with E-state index in [1.54, 1.807) is 19.3 Å². The maximum atomic E-state index is 12.7. The SMILES string of the molecule is Cc1occc1-c1nnc(SCC(=O)Nc2c(C#N)c(C)c(C)n2-c2ccccc2)o1. The van der Waals surface area contributed by atoms with E-state index in [-0.39, 0.29) is 16.9 Å². The Morgan fingerprint density at radius 3 is 2.65 bits per heavy atom. The summed E-state index contributed by atoms with van der Waals surface area (Å²) in [4.78, 5) is 12.7. The van der Waals surface area contributed by atoms with Crippen LogP contribution in [0.15, 0.2) is 56.7 Å². The summed E-state index contributed by atoms with van der Waals surface area (Å²) < 4.78 is 12.7. The monoisotopic (exact) mass is 433 g/mol. The molecule has 0 saturated carbocycles. The van der Waals surface area contributed by atoms with E-state index in [1.165, 1.54) is 0 Å². The van der Waals surface area contributed by atoms with Gasteiger partial charge in [-0.1, -0.05) is 30.0 Å². The number of hydrogen-bond donors (Lipinski definition) is 1. The number of amides is 1. The maximum Gasteiger partial charge on any atom is 0.277 e. The Labute approximate surface area is 182 Å². The van der Waals surface area contributed by atoms with Gasteiger partial charge >= 0.3 is 0 Å². The van der Waals surface area contributed by atoms with E-state index in [1.807, 2.05) is 48.7 Å². The minimum atomic E-state index is -0.282. The number of aryl methyl sites for hydroxylation is 1. The average molecular weight is 433 g/mol. The molecule has 0 fully saturated rings. The molecule has 8 nitrogen and oxygen atoms in total. The third-order valence-corrected chi connectivity index (χ3v) is 5.74. The number of carbonyl (C=O) groups excluding carboxylic acids is 1. The van der Waals surface area contributed by atoms with Crippen LogP contribution in [0.5, 0.6) is 0 Å². The molecule has 9 heteroatoms. The molecule has 0 unspecified atom stereocenters. The normalized spacial score (nSPS) is 10.8. The van der Waals surface area contributed by atoms with Crippen molar-refractivity contribution < 1.29 is 13.6 Å². The smallest absolute Gasteiger partial charge is 0.277 e. The molecule has 4 aromatic rings. The Balaban J connectivity index is 1.52. The predicted octanol–water partition coefficient (Wildman–Crippen LogP) is 4.65. The highest BCUT2D eigenvalue weighted by Crippen LogP contribution is 2.30. The Morgan fingerprint density at radius 1 is 1.19 bits per heavy atom. The lowest BCUT2D eigenvalue weighted by Crippen LogP contribution is -2.17. The summed E-state index contributed by atoms with van der Waals surface area (Å²) in [6.07, 6.45) is 1.55. The predicted molar refractivity (Wildman–Crippen MR) is 116 cm³/mol. The molecule has 0 bridgehead atoms. The van der Waals surface area contributed by atoms with Crippen molar-refractivity contribution in [2.24, 2.45) is 0 Å². The molecule has 1 amide bonds. The molecule has 0 atom stereocenters. The lowest BCUT2D eigenvalue weighted by Gasteiger charge is -2.12. The third-order valence-electron chi connectivity index (χ3n) is 4.92. The maximum absolute atomic E-state index is 12.7. The van der Waals surface area contributed by atoms with E-state index in [2.05, 4.69) is 21.6 Å². The van der Waals surface area contributed by atoms with Crippen LogP contribution in [0.2, 0.25) is 0 Å². The van der Waals surface area contributed by atoms with Crippen molar-refractivity contribution in [1.29, 1.82) is 5.26 Å². The van der Waals surface area contributed by atoms with Gasteiger partial charge in [0.15, 0.2) is 0 Å². The zero-order chi connectivity index (χ0) is 22.0. The number of thioether (sulfide) groups is 1. The van der Waals surface area contributed by atoms with Crippen LogP contribution in [0.1, 0.15) is 22.6 Å². The number of furan rings is 1. The number of nitrogens with one attached hydrogen (secondary N) is 1. The minimum Gasteiger partial charge on any atom is -0.469 e. The molecule has 31 heavy (non-hydrogen) atoms. The molecule has 0 aliphatic carbocycles. The molecule has 0 aliphatic rings. The van der Waals surface area contributed by atoms with Crippen LogP contribution in [-0.4, -0.2) is 26.4 Å². The van der Waals surface area contributed by atoms with Gasteiger partial charge in [0.05, 0.1) is 23.1 Å². The molecule has 3 heterocycles. The molecule has 0 saturated heterocycles. The van der Waals surface area contributed by atoms with Gasteiger partial charge in [0.25, 0.3) is 11.1 Å². The van der Waals surface area contributed by atoms with Crippen molar-refractivity contribution in [1.82, 2.24) is 14.8 Å². The van der Waals surface area contributed by atoms with Crippen molar-refractivity contribution >= 4 is 23.5 Å². The summed E-state index contributed by atoms with van der Waals surface area (Å²) in [6.45, 7) is 5.60. The topological polar surface area (TPSA) is 110 Å². The van der Waals surface area contributed by atoms with E-state index in [4.69, 9.17) is 8.83 Å². The van der Waals surface area contributed by atoms with Crippen LogP contribution in [0.25, 0.3) is 17.1 Å². The van der Waals surface area contributed by atoms with Crippen molar-refractivity contribution in [3.05, 3.63) is 65.2 Å². The molecule has 156 valence electrons. The summed E-state index contributed by atoms with van der Waals surface area (Å²) in [7, 11) is 0. The van der Waals surface area contributed by atoms with Crippen LogP contribution in [0.4, 0.5) is 5.82 Å². The van der Waals surface area contributed by atoms with Gasteiger partial charge in [0.1, 0.15) is 17.6 Å². The number of carbonyl (C=O) groups is 1. The largest absolute Gasteiger partial charge is 0.469 e. The summed E-state index contributed by atoms with van der Waals surface area (Å²) in [6, 6.07) is 13.5. The highest BCUT2D eigenvalue weighted by molar-refractivity contribution is 7.99. The van der Waals surface area contributed by atoms with E-state index >= 15 is 0 Å². The van der Waals surface area contributed by atoms with Gasteiger partial charge in [-0.2, -0.15) is 5.26 Å². The van der Waals surface area contributed by atoms with Gasteiger partial charge in [-0.3, -0.25) is 9.36 Å². The van der Waals surface area contributed by atoms with Crippen LogP contribution in [-0.2, 0) is 4.79 Å². The lowest BCUT2D eigenvalue weighted by atomic mass is 10.2. The lowest BCUT2D eigenvalue weighted by molar-refractivity contribution is -0.113. The number of rotatable bonds is 6. The Morgan fingerprint density at radius 2 is 1.97 bits per heavy atom. The molecule has 4 rings (SSSR count). The third kappa shape index (κ3) is 3.98. The Kier molecular flexibility index (Phi) is 5.64. The number of benzene rings is 1. The van der Waals surface area contributed by atoms with Gasteiger partial charge < -0.3 is 14.2 Å². The number of anilines is 1. The summed E-state index contributed by atoms with van der Waals surface area (Å²) in [5, 5.41) is 20.8. The van der Waals surface area contributed by atoms with Crippen LogP contribution < -0.4 is 5.32 Å². The number of para-hydroxylation sites is 1. The average Bonchev–Trinajstić information content (AvgIpc) is 3.46. The summed E-state index contributed by atoms with van der Waals surface area (Å²) in [5.41, 5.74) is 3.74. The second kappa shape index (κ2) is 8.53. The number of hydrogen-bond acceptors (Lipinski definition) is 7. The standard InChI is InChI=1S/C22H19N5O3S/c1-13-14(2)27(16-7-5-4-6-8-16)20(18(13)11-23)24-19(28)12-31-22-26-25-21(30-22)17-9-10-29-15(17)3/h4-10H,12H2,1-3H3,(H,24,28). The molecular formula is C22H19N5O3S. The van der Waals surface area contributed by atoms with E-state index in [9.17, 15) is 10.1 Å². The van der Waals surface area contributed by atoms with Crippen LogP contribution in [0.3, 0.4) is 0 Å². The van der Waals surface area contributed by atoms with Crippen LogP contribution in [0, 0.1) is 32.1 Å². The highest BCUT2D eigenvalue weighted by Gasteiger charge is 2.21. The van der Waals surface area contributed by atoms with E-state index in [0.29, 0.717) is 28.6 Å². The van der Waals surface area contributed by atoms with Gasteiger partial charge in [0.2, 0.25) is 5.91 Å². The molecule has 1 aromatic carbocycles. The second-order valence-corrected chi connectivity index (χ2v) is 7.74. The van der Waals surface area contributed by atoms with Gasteiger partial charge in [0, 0.05) is 11.4 Å². The van der Waals surface area contributed by atoms with E-state index in [0.717, 1.165) is 28.7 Å². The number of nitriles is 1. The zero-order valence-corrected chi connectivity index (χ0v) is 18.0. The van der Waals surface area contributed by atoms with Crippen molar-refractivity contribution in [3.8, 4) is 23.2 Å². The first kappa shape index (κ1) is 20.5. The fraction of sp³-hybridized carbons (Fsp3) is 0.182. The van der Waals surface area contributed by atoms with Gasteiger partial charge in [-0.15, -0.1) is 10.2 Å². The summed E-state index contributed by atoms with van der Waals surface area (Å²) >= 11 is 1.12. The first-order valence-corrected chi connectivity index (χ1v) is 10.5. The number of nitrogens with zero attached hydrogens (tertiary/aromatic N) is 4. The van der Waals surface area contributed by atoms with Gasteiger partial charge in [-0.25, -0.2) is 0 Å². The van der Waals surface area contributed by atoms with E-state index < -0.39 is 0 Å². The fourth-order valence-corrected chi connectivity index (χ4v) is 3.80. The molecule has 0 spiro atoms. The first-order chi connectivity index (χ1) is 15.0. The van der Waals surface area contributed by atoms with Crippen molar-refractivity contribution in [3.63, 3.8) is 0 Å². The molecule has 1 N–H and O–H groups in total. The Hall–Kier alpha value is -3.77. The van der Waals surface area contributed by atoms with Gasteiger partial charge in [-0.05, 0) is 44.5 Å². The van der Waals surface area contributed by atoms with Crippen molar-refractivity contribution in [2.75, 3.05) is 11.1 Å². The van der Waals surface area contributed by atoms with Crippen molar-refractivity contribution in [2.45, 2.75) is 26.0 Å². The Bertz CT molecular complexity index is 1280. The fourth-order valence-electron chi connectivity index (χ4n) is 3.24. The molecular weight excluding hydrogens is 414 g/mol. The summed E-state index contributed by atoms with van der Waals surface area (Å²) in [5.74, 6) is 1.24. The first-order valence-electron chi connectivity index (χ1n) is 9.47. The molecule has 3 aromatic heterocycles. The molecule has 0 aliphatic heterocycles. The molecule has 0 radical (unpaired) electrons. The highest BCUT2D eigenvalue weighted by atomic mass is 32.2. The van der Waals surface area contributed by atoms with Crippen LogP contribution >= 0.6 is 11.8 Å². The minimum absolute atomic E-state index is 0.0505.